The number of benzene rings is 2. The van der Waals surface area contributed by atoms with Crippen molar-refractivity contribution in [1.82, 2.24) is 0 Å². The van der Waals surface area contributed by atoms with Crippen molar-refractivity contribution >= 4 is 5.97 Å². The van der Waals surface area contributed by atoms with Gasteiger partial charge in [0.25, 0.3) is 0 Å². The van der Waals surface area contributed by atoms with Crippen molar-refractivity contribution in [1.29, 1.82) is 0 Å². The molecule has 0 saturated heterocycles. The molecule has 0 aliphatic rings. The van der Waals surface area contributed by atoms with Crippen molar-refractivity contribution in [2.45, 2.75) is 25.0 Å². The van der Waals surface area contributed by atoms with E-state index < -0.39 is 17.6 Å². The van der Waals surface area contributed by atoms with E-state index in [0.29, 0.717) is 11.1 Å². The van der Waals surface area contributed by atoms with Crippen LogP contribution >= 0.6 is 0 Å². The van der Waals surface area contributed by atoms with Gasteiger partial charge in [-0.1, -0.05) is 60.7 Å². The van der Waals surface area contributed by atoms with E-state index in [9.17, 15) is 9.90 Å². The van der Waals surface area contributed by atoms with Crippen LogP contribution in [-0.2, 0) is 15.1 Å². The molecule has 0 heterocycles. The number of esters is 1. The average Bonchev–Trinajstić information content (AvgIpc) is 2.56. The lowest BCUT2D eigenvalue weighted by Crippen LogP contribution is -2.45. The zero-order chi connectivity index (χ0) is 16.0. The molecule has 2 rings (SSSR count). The van der Waals surface area contributed by atoms with E-state index in [1.165, 1.54) is 0 Å². The fraction of sp³-hybridized carbons (Fsp3) is 0.278. The molecule has 0 spiro atoms. The first-order valence-electron chi connectivity index (χ1n) is 7.31. The smallest absolute Gasteiger partial charge is 0.308 e. The van der Waals surface area contributed by atoms with Crippen LogP contribution in [0, 0.1) is 0 Å². The first kappa shape index (κ1) is 16.2. The summed E-state index contributed by atoms with van der Waals surface area (Å²) in [6, 6.07) is 18.3. The van der Waals surface area contributed by atoms with Gasteiger partial charge >= 0.3 is 5.97 Å². The van der Waals surface area contributed by atoms with Crippen LogP contribution in [0.5, 0.6) is 0 Å². The van der Waals surface area contributed by atoms with E-state index in [1.54, 1.807) is 19.1 Å². The average molecular weight is 299 g/mol. The number of nitrogens with two attached hydrogens (primary N) is 1. The maximum Gasteiger partial charge on any atom is 0.308 e. The van der Waals surface area contributed by atoms with Gasteiger partial charge in [0.15, 0.2) is 0 Å². The molecule has 116 valence electrons. The fourth-order valence-corrected chi connectivity index (χ4v) is 2.49. The van der Waals surface area contributed by atoms with E-state index in [-0.39, 0.29) is 13.0 Å². The van der Waals surface area contributed by atoms with Crippen molar-refractivity contribution in [3.63, 3.8) is 0 Å². The molecule has 22 heavy (non-hydrogen) atoms. The van der Waals surface area contributed by atoms with Crippen LogP contribution in [0.3, 0.4) is 0 Å². The van der Waals surface area contributed by atoms with Crippen molar-refractivity contribution < 1.29 is 14.6 Å². The second-order valence-electron chi connectivity index (χ2n) is 5.20. The molecule has 4 heteroatoms. The lowest BCUT2D eigenvalue weighted by molar-refractivity contribution is -0.146. The van der Waals surface area contributed by atoms with Gasteiger partial charge in [0.05, 0.1) is 18.6 Å². The van der Waals surface area contributed by atoms with Gasteiger partial charge in [-0.2, -0.15) is 0 Å². The van der Waals surface area contributed by atoms with Gasteiger partial charge in [-0.25, -0.2) is 0 Å². The number of carbonyl (C=O) groups excluding carboxylic acids is 1. The monoisotopic (exact) mass is 299 g/mol. The third-order valence-corrected chi connectivity index (χ3v) is 3.66. The van der Waals surface area contributed by atoms with Crippen LogP contribution in [0.1, 0.15) is 30.6 Å². The minimum absolute atomic E-state index is 0.0963. The molecule has 2 aromatic rings. The predicted octanol–water partition coefficient (Wildman–Crippen LogP) is 2.53. The van der Waals surface area contributed by atoms with Gasteiger partial charge < -0.3 is 15.6 Å². The molecule has 0 aromatic heterocycles. The van der Waals surface area contributed by atoms with Crippen molar-refractivity contribution in [3.8, 4) is 0 Å². The van der Waals surface area contributed by atoms with Crippen molar-refractivity contribution in [2.75, 3.05) is 6.61 Å². The van der Waals surface area contributed by atoms with Gasteiger partial charge in [0.2, 0.25) is 0 Å². The summed E-state index contributed by atoms with van der Waals surface area (Å²) in [5.74, 6) is -0.427. The summed E-state index contributed by atoms with van der Waals surface area (Å²) in [6.07, 6.45) is -1.11. The largest absolute Gasteiger partial charge is 0.466 e. The molecular formula is C18H21NO3. The fourth-order valence-electron chi connectivity index (χ4n) is 2.49. The molecule has 2 atom stereocenters. The highest BCUT2D eigenvalue weighted by Crippen LogP contribution is 2.36. The van der Waals surface area contributed by atoms with Gasteiger partial charge in [-0.3, -0.25) is 4.79 Å². The molecule has 0 saturated carbocycles. The van der Waals surface area contributed by atoms with E-state index >= 15 is 0 Å². The first-order valence-corrected chi connectivity index (χ1v) is 7.31. The van der Waals surface area contributed by atoms with Crippen molar-refractivity contribution in [3.05, 3.63) is 71.8 Å². The Hall–Kier alpha value is -2.17. The lowest BCUT2D eigenvalue weighted by Gasteiger charge is -2.34. The summed E-state index contributed by atoms with van der Waals surface area (Å²) < 4.78 is 5.02. The second kappa shape index (κ2) is 7.20. The number of aliphatic hydroxyl groups excluding tert-OH is 1. The maximum atomic E-state index is 12.0. The van der Waals surface area contributed by atoms with E-state index in [4.69, 9.17) is 10.5 Å². The number of hydrogen-bond donors (Lipinski definition) is 2. The number of rotatable bonds is 6. The van der Waals surface area contributed by atoms with Crippen LogP contribution in [0.25, 0.3) is 0 Å². The van der Waals surface area contributed by atoms with Crippen LogP contribution in [0.4, 0.5) is 0 Å². The highest BCUT2D eigenvalue weighted by molar-refractivity contribution is 5.71. The summed E-state index contributed by atoms with van der Waals surface area (Å²) in [6.45, 7) is 2.03. The molecule has 0 bridgehead atoms. The summed E-state index contributed by atoms with van der Waals surface area (Å²) in [5, 5.41) is 10.8. The normalized spacial score (nSPS) is 14.9. The Morgan fingerprint density at radius 3 is 2.23 bits per heavy atom. The topological polar surface area (TPSA) is 72.5 Å². The second-order valence-corrected chi connectivity index (χ2v) is 5.20. The van der Waals surface area contributed by atoms with Crippen LogP contribution in [-0.4, -0.2) is 17.7 Å². The lowest BCUT2D eigenvalue weighted by atomic mass is 9.79. The van der Waals surface area contributed by atoms with Crippen LogP contribution in [0.15, 0.2) is 60.7 Å². The van der Waals surface area contributed by atoms with E-state index in [1.807, 2.05) is 48.5 Å². The number of aliphatic hydroxyl groups is 1. The zero-order valence-corrected chi connectivity index (χ0v) is 12.6. The number of carbonyl (C=O) groups is 1. The van der Waals surface area contributed by atoms with Crippen LogP contribution < -0.4 is 5.73 Å². The molecule has 2 aromatic carbocycles. The summed E-state index contributed by atoms with van der Waals surface area (Å²) in [4.78, 5) is 12.0. The van der Waals surface area contributed by atoms with E-state index in [2.05, 4.69) is 0 Å². The minimum Gasteiger partial charge on any atom is -0.466 e. The Bertz CT molecular complexity index is 600. The Morgan fingerprint density at radius 1 is 1.14 bits per heavy atom. The summed E-state index contributed by atoms with van der Waals surface area (Å²) in [7, 11) is 0. The third kappa shape index (κ3) is 3.53. The number of hydrogen-bond acceptors (Lipinski definition) is 4. The van der Waals surface area contributed by atoms with E-state index in [0.717, 1.165) is 0 Å². The minimum atomic E-state index is -1.24. The van der Waals surface area contributed by atoms with Gasteiger partial charge in [-0.05, 0) is 18.1 Å². The van der Waals surface area contributed by atoms with Gasteiger partial charge in [-0.15, -0.1) is 0 Å². The Labute approximate surface area is 130 Å². The van der Waals surface area contributed by atoms with Crippen molar-refractivity contribution in [2.24, 2.45) is 5.73 Å². The Kier molecular flexibility index (Phi) is 5.31. The zero-order valence-electron chi connectivity index (χ0n) is 12.6. The highest BCUT2D eigenvalue weighted by Gasteiger charge is 2.39. The molecule has 0 aliphatic heterocycles. The standard InChI is InChI=1S/C18H21NO3/c1-2-22-16(20)13-18(19,15-11-7-4-8-12-15)17(21)14-9-5-3-6-10-14/h3-12,17,21H,2,13,19H2,1H3/t17-,18+/m1/s1. The molecule has 0 unspecified atom stereocenters. The molecule has 0 radical (unpaired) electrons. The van der Waals surface area contributed by atoms with Crippen LogP contribution in [0.2, 0.25) is 0 Å². The van der Waals surface area contributed by atoms with Gasteiger partial charge in [0, 0.05) is 0 Å². The SMILES string of the molecule is CCOC(=O)C[C@](N)(c1ccccc1)[C@H](O)c1ccccc1. The molecular weight excluding hydrogens is 278 g/mol. The Morgan fingerprint density at radius 2 is 1.68 bits per heavy atom. The molecule has 3 N–H and O–H groups in total. The summed E-state index contributed by atoms with van der Waals surface area (Å²) >= 11 is 0. The predicted molar refractivity (Wildman–Crippen MR) is 85.0 cm³/mol. The Balaban J connectivity index is 2.39. The molecule has 4 nitrogen and oxygen atoms in total. The quantitative estimate of drug-likeness (QED) is 0.804. The summed E-state index contributed by atoms with van der Waals surface area (Å²) in [5.41, 5.74) is 6.59. The molecule has 0 aliphatic carbocycles. The van der Waals surface area contributed by atoms with Gasteiger partial charge in [0.1, 0.15) is 6.10 Å². The molecule has 0 amide bonds. The number of ether oxygens (including phenoxy) is 1. The maximum absolute atomic E-state index is 12.0. The first-order chi connectivity index (χ1) is 10.6. The third-order valence-electron chi connectivity index (χ3n) is 3.66. The highest BCUT2D eigenvalue weighted by atomic mass is 16.5. The molecule has 0 fully saturated rings.